The van der Waals surface area contributed by atoms with E-state index in [1.807, 2.05) is 27.5 Å². The molecule has 1 aromatic carbocycles. The molecule has 5 N–H and O–H groups in total. The number of halogens is 2. The second-order valence-electron chi connectivity index (χ2n) is 11.7. The van der Waals surface area contributed by atoms with Crippen LogP contribution < -0.4 is 16.0 Å². The van der Waals surface area contributed by atoms with Gasteiger partial charge in [-0.05, 0) is 18.2 Å². The third kappa shape index (κ3) is 6.65. The quantitative estimate of drug-likeness (QED) is 0.0544. The zero-order valence-electron chi connectivity index (χ0n) is 27.1. The first-order valence-electron chi connectivity index (χ1n) is 15.5. The van der Waals surface area contributed by atoms with Gasteiger partial charge < -0.3 is 26.0 Å². The third-order valence-corrected chi connectivity index (χ3v) is 11.6. The van der Waals surface area contributed by atoms with Crippen molar-refractivity contribution in [1.29, 1.82) is 0 Å². The molecule has 0 saturated carbocycles. The Morgan fingerprint density at radius 2 is 2.10 bits per heavy atom. The first-order valence-corrected chi connectivity index (χ1v) is 18.7. The number of aromatic nitrogens is 4. The number of aliphatic imine (C=N–C) groups is 1. The first kappa shape index (κ1) is 35.2. The highest BCUT2D eigenvalue weighted by Crippen LogP contribution is 2.45. The summed E-state index contributed by atoms with van der Waals surface area (Å²) in [6.45, 7) is 0.283. The number of aliphatic carboxylic acids is 1. The molecule has 0 spiro atoms. The highest BCUT2D eigenvalue weighted by Gasteiger charge is 2.54. The number of carbonyl (C=O) groups is 3. The number of fused-ring (bicyclic) bond motifs is 2. The summed E-state index contributed by atoms with van der Waals surface area (Å²) in [6, 6.07) is 8.37. The number of amidine groups is 1. The van der Waals surface area contributed by atoms with Gasteiger partial charge in [0.25, 0.3) is 0 Å². The Labute approximate surface area is 311 Å². The fourth-order valence-electron chi connectivity index (χ4n) is 6.17. The molecule has 266 valence electrons. The van der Waals surface area contributed by atoms with E-state index in [1.165, 1.54) is 41.2 Å². The Hall–Kier alpha value is -5.17. The van der Waals surface area contributed by atoms with Crippen LogP contribution in [-0.2, 0) is 32.3 Å². The fraction of sp³-hybridized carbons (Fsp3) is 0.212. The lowest BCUT2D eigenvalue weighted by Gasteiger charge is -2.49. The molecular weight excluding hydrogens is 753 g/mol. The van der Waals surface area contributed by atoms with Crippen molar-refractivity contribution >= 4 is 96.5 Å². The minimum absolute atomic E-state index is 0.0580. The topological polar surface area (TPSA) is 195 Å². The van der Waals surface area contributed by atoms with E-state index in [4.69, 9.17) is 27.9 Å². The maximum Gasteiger partial charge on any atom is 0.352 e. The van der Waals surface area contributed by atoms with Crippen molar-refractivity contribution in [3.05, 3.63) is 98.6 Å². The van der Waals surface area contributed by atoms with Crippen LogP contribution in [0.1, 0.15) is 23.2 Å². The van der Waals surface area contributed by atoms with Crippen molar-refractivity contribution in [2.24, 2.45) is 21.8 Å². The smallest absolute Gasteiger partial charge is 0.352 e. The standard InChI is InChI=1S/C33H27ClFN9O5S3/c1-49-41-26(22-15-52-32(37)39-22)25(45)11-18-29(46)44-27(31(47)48)17(14-51-30(18)44)12-42-6-2-3-23-24(42)4-7-43(23)13-19-20(34)9-16(10-21(19)35)28(36)40-33-38-5-8-50-33/h2-10,15,18,30H,11-14H2,1H3,(H4-,36,37,38,39,40,47,48)/p+1/b41-26-/t18-,30-/m1/s1. The van der Waals surface area contributed by atoms with Crippen molar-refractivity contribution < 1.29 is 33.3 Å². The summed E-state index contributed by atoms with van der Waals surface area (Å²) in [5.74, 6) is -3.08. The number of nitrogens with two attached hydrogens (primary N) is 2. The number of β-lactam (4-membered cyclic amide) rings is 1. The van der Waals surface area contributed by atoms with E-state index in [9.17, 15) is 19.5 Å². The molecule has 0 radical (unpaired) electrons. The highest BCUT2D eigenvalue weighted by molar-refractivity contribution is 8.00. The van der Waals surface area contributed by atoms with Crippen molar-refractivity contribution in [3.63, 3.8) is 0 Å². The van der Waals surface area contributed by atoms with E-state index in [1.54, 1.807) is 35.3 Å². The van der Waals surface area contributed by atoms with Gasteiger partial charge >= 0.3 is 5.97 Å². The first-order chi connectivity index (χ1) is 25.0. The van der Waals surface area contributed by atoms with E-state index in [2.05, 4.69) is 20.1 Å². The number of thioether (sulfide) groups is 1. The lowest BCUT2D eigenvalue weighted by atomic mass is 9.89. The fourth-order valence-corrected chi connectivity index (χ4v) is 8.91. The molecule has 7 rings (SSSR count). The predicted molar refractivity (Wildman–Crippen MR) is 196 cm³/mol. The number of carboxylic acids is 1. The number of carboxylic acid groups (broad SMARTS) is 1. The molecule has 2 atom stereocenters. The van der Waals surface area contributed by atoms with Gasteiger partial charge in [0.15, 0.2) is 29.4 Å². The largest absolute Gasteiger partial charge is 0.477 e. The van der Waals surface area contributed by atoms with Gasteiger partial charge in [0.1, 0.15) is 35.7 Å². The number of anilines is 1. The van der Waals surface area contributed by atoms with Crippen LogP contribution in [0.15, 0.2) is 81.1 Å². The van der Waals surface area contributed by atoms with Crippen LogP contribution in [-0.4, -0.2) is 72.0 Å². The molecule has 1 fully saturated rings. The molecule has 0 aliphatic carbocycles. The van der Waals surface area contributed by atoms with Gasteiger partial charge in [-0.25, -0.2) is 24.1 Å². The maximum absolute atomic E-state index is 15.4. The molecule has 0 unspecified atom stereocenters. The highest BCUT2D eigenvalue weighted by atomic mass is 35.5. The van der Waals surface area contributed by atoms with Gasteiger partial charge in [0.05, 0.1) is 17.8 Å². The van der Waals surface area contributed by atoms with Crippen LogP contribution in [0, 0.1) is 11.7 Å². The number of hydrogen-bond donors (Lipinski definition) is 3. The molecule has 0 bridgehead atoms. The zero-order chi connectivity index (χ0) is 36.7. The summed E-state index contributed by atoms with van der Waals surface area (Å²) < 4.78 is 19.2. The monoisotopic (exact) mass is 780 g/mol. The number of thiazole rings is 2. The van der Waals surface area contributed by atoms with Crippen LogP contribution in [0.25, 0.3) is 11.0 Å². The molecule has 1 amide bonds. The Kier molecular flexibility index (Phi) is 9.80. The van der Waals surface area contributed by atoms with Crippen LogP contribution in [0.3, 0.4) is 0 Å². The van der Waals surface area contributed by atoms with Gasteiger partial charge in [-0.2, -0.15) is 4.57 Å². The van der Waals surface area contributed by atoms with Gasteiger partial charge in [-0.1, -0.05) is 16.8 Å². The third-order valence-electron chi connectivity index (χ3n) is 8.55. The Morgan fingerprint density at radius 1 is 1.27 bits per heavy atom. The van der Waals surface area contributed by atoms with Crippen molar-refractivity contribution in [2.75, 3.05) is 18.6 Å². The minimum atomic E-state index is -1.24. The second-order valence-corrected chi connectivity index (χ2v) is 14.9. The summed E-state index contributed by atoms with van der Waals surface area (Å²) in [5, 5.41) is 17.8. The van der Waals surface area contributed by atoms with Crippen LogP contribution in [0.2, 0.25) is 5.02 Å². The normalized spacial score (nSPS) is 17.8. The minimum Gasteiger partial charge on any atom is -0.477 e. The number of Topliss-reactive ketones (excluding diaryl/α,β-unsaturated/α-hetero) is 1. The molecular formula is C33H28ClFN9O5S3+. The SMILES string of the molecule is CO/N=C(\C(=O)C[C@@H]1C(=O)N2C(C(=O)O)=C(C[n+]3cccc4c3ccn4Cc3c(F)cc(C(N)=Nc4nccs4)cc3Cl)CS[C@H]12)c1csc(N)n1. The number of rotatable bonds is 12. The molecule has 6 heterocycles. The molecule has 5 aromatic rings. The summed E-state index contributed by atoms with van der Waals surface area (Å²) in [4.78, 5) is 57.8. The summed E-state index contributed by atoms with van der Waals surface area (Å²) in [7, 11) is 1.29. The number of oxime groups is 1. The van der Waals surface area contributed by atoms with E-state index >= 15 is 4.39 Å². The average molecular weight is 781 g/mol. The maximum atomic E-state index is 15.4. The molecule has 1 saturated heterocycles. The average Bonchev–Trinajstić information content (AvgIpc) is 3.89. The Bertz CT molecular complexity index is 2320. The zero-order valence-corrected chi connectivity index (χ0v) is 30.3. The summed E-state index contributed by atoms with van der Waals surface area (Å²) >= 11 is 10.4. The number of hydrogen-bond acceptors (Lipinski definition) is 12. The summed E-state index contributed by atoms with van der Waals surface area (Å²) in [5.41, 5.74) is 14.5. The second kappa shape index (κ2) is 14.5. The van der Waals surface area contributed by atoms with E-state index in [0.717, 1.165) is 22.4 Å². The molecule has 52 heavy (non-hydrogen) atoms. The van der Waals surface area contributed by atoms with Gasteiger partial charge in [0.2, 0.25) is 16.6 Å². The number of pyridine rings is 1. The number of amides is 1. The van der Waals surface area contributed by atoms with Gasteiger partial charge in [0, 0.05) is 69.2 Å². The van der Waals surface area contributed by atoms with Gasteiger partial charge in [-0.3, -0.25) is 14.5 Å². The summed E-state index contributed by atoms with van der Waals surface area (Å²) in [6.07, 6.45) is 5.00. The molecule has 14 nitrogen and oxygen atoms in total. The predicted octanol–water partition coefficient (Wildman–Crippen LogP) is 4.18. The van der Waals surface area contributed by atoms with Crippen LogP contribution >= 0.6 is 46.0 Å². The lowest BCUT2D eigenvalue weighted by Crippen LogP contribution is -2.62. The van der Waals surface area contributed by atoms with Crippen LogP contribution in [0.5, 0.6) is 0 Å². The van der Waals surface area contributed by atoms with Crippen molar-refractivity contribution in [1.82, 2.24) is 19.4 Å². The number of ketones is 1. The molecule has 2 aliphatic rings. The van der Waals surface area contributed by atoms with E-state index < -0.39 is 34.8 Å². The number of nitrogen functional groups attached to an aromatic ring is 1. The van der Waals surface area contributed by atoms with Gasteiger partial charge in [-0.15, -0.1) is 34.4 Å². The number of benzene rings is 1. The van der Waals surface area contributed by atoms with E-state index in [-0.39, 0.29) is 58.2 Å². The lowest BCUT2D eigenvalue weighted by molar-refractivity contribution is -0.663. The Balaban J connectivity index is 1.10. The molecule has 4 aromatic heterocycles. The molecule has 19 heteroatoms. The Morgan fingerprint density at radius 3 is 2.79 bits per heavy atom. The van der Waals surface area contributed by atoms with Crippen LogP contribution in [0.4, 0.5) is 14.7 Å². The van der Waals surface area contributed by atoms with Crippen molar-refractivity contribution in [2.45, 2.75) is 24.9 Å². The number of nitrogens with zero attached hydrogens (tertiary/aromatic N) is 7. The molecule has 2 aliphatic heterocycles. The van der Waals surface area contributed by atoms with Crippen molar-refractivity contribution in [3.8, 4) is 0 Å². The number of carbonyl (C=O) groups excluding carboxylic acids is 2. The van der Waals surface area contributed by atoms with E-state index in [0.29, 0.717) is 22.0 Å².